The minimum Gasteiger partial charge on any atom is -0.305 e. The van der Waals surface area contributed by atoms with Crippen LogP contribution < -0.4 is 10.6 Å². The van der Waals surface area contributed by atoms with Crippen LogP contribution in [0.25, 0.3) is 0 Å². The predicted octanol–water partition coefficient (Wildman–Crippen LogP) is 0.862. The van der Waals surface area contributed by atoms with Crippen LogP contribution in [-0.4, -0.2) is 21.6 Å². The van der Waals surface area contributed by atoms with E-state index in [1.807, 2.05) is 13.0 Å². The largest absolute Gasteiger partial charge is 0.305 e. The van der Waals surface area contributed by atoms with Gasteiger partial charge in [-0.05, 0) is 37.5 Å². The SMILES string of the molecule is Cc1ccc(C)c(S(=O)(=O)NCCCON)c1. The van der Waals surface area contributed by atoms with Crippen molar-refractivity contribution in [2.75, 3.05) is 13.2 Å². The van der Waals surface area contributed by atoms with Gasteiger partial charge in [0.2, 0.25) is 10.0 Å². The quantitative estimate of drug-likeness (QED) is 0.586. The van der Waals surface area contributed by atoms with Crippen LogP contribution in [0.15, 0.2) is 23.1 Å². The van der Waals surface area contributed by atoms with Crippen molar-refractivity contribution in [1.29, 1.82) is 0 Å². The molecule has 6 heteroatoms. The van der Waals surface area contributed by atoms with Gasteiger partial charge in [0.05, 0.1) is 11.5 Å². The van der Waals surface area contributed by atoms with E-state index in [9.17, 15) is 8.42 Å². The first-order valence-corrected chi connectivity index (χ1v) is 6.84. The van der Waals surface area contributed by atoms with Crippen LogP contribution in [0.5, 0.6) is 0 Å². The van der Waals surface area contributed by atoms with E-state index in [2.05, 4.69) is 9.56 Å². The Labute approximate surface area is 102 Å². The molecule has 1 aromatic carbocycles. The van der Waals surface area contributed by atoms with Crippen molar-refractivity contribution in [2.24, 2.45) is 5.90 Å². The molecule has 96 valence electrons. The molecule has 3 N–H and O–H groups in total. The second kappa shape index (κ2) is 6.11. The number of benzene rings is 1. The Morgan fingerprint density at radius 3 is 2.71 bits per heavy atom. The summed E-state index contributed by atoms with van der Waals surface area (Å²) in [7, 11) is -3.44. The molecule has 0 saturated heterocycles. The molecule has 5 nitrogen and oxygen atoms in total. The highest BCUT2D eigenvalue weighted by Gasteiger charge is 2.15. The summed E-state index contributed by atoms with van der Waals surface area (Å²) in [4.78, 5) is 4.70. The molecule has 0 aromatic heterocycles. The summed E-state index contributed by atoms with van der Waals surface area (Å²) < 4.78 is 26.5. The van der Waals surface area contributed by atoms with Crippen molar-refractivity contribution in [1.82, 2.24) is 4.72 Å². The Bertz CT molecular complexity index is 472. The molecule has 0 aliphatic carbocycles. The topological polar surface area (TPSA) is 81.4 Å². The first kappa shape index (κ1) is 14.1. The Kier molecular flexibility index (Phi) is 5.07. The van der Waals surface area contributed by atoms with Crippen LogP contribution in [0.1, 0.15) is 17.5 Å². The Morgan fingerprint density at radius 2 is 2.06 bits per heavy atom. The van der Waals surface area contributed by atoms with E-state index in [1.54, 1.807) is 19.1 Å². The van der Waals surface area contributed by atoms with Crippen LogP contribution in [0.2, 0.25) is 0 Å². The molecule has 0 radical (unpaired) electrons. The van der Waals surface area contributed by atoms with Crippen LogP contribution in [0.3, 0.4) is 0 Å². The minimum atomic E-state index is -3.44. The lowest BCUT2D eigenvalue weighted by Gasteiger charge is -2.09. The van der Waals surface area contributed by atoms with Gasteiger partial charge in [0, 0.05) is 6.54 Å². The Balaban J connectivity index is 2.79. The third-order valence-electron chi connectivity index (χ3n) is 2.36. The number of rotatable bonds is 6. The molecule has 0 spiro atoms. The van der Waals surface area contributed by atoms with Gasteiger partial charge in [0.25, 0.3) is 0 Å². The fourth-order valence-corrected chi connectivity index (χ4v) is 2.84. The average molecular weight is 258 g/mol. The summed E-state index contributed by atoms with van der Waals surface area (Å²) in [6.07, 6.45) is 0.542. The van der Waals surface area contributed by atoms with Gasteiger partial charge in [-0.15, -0.1) is 0 Å². The van der Waals surface area contributed by atoms with Crippen molar-refractivity contribution in [2.45, 2.75) is 25.2 Å². The molecule has 0 saturated carbocycles. The van der Waals surface area contributed by atoms with Gasteiger partial charge in [-0.3, -0.25) is 0 Å². The first-order valence-electron chi connectivity index (χ1n) is 5.36. The molecule has 0 aliphatic heterocycles. The number of nitrogens with one attached hydrogen (secondary N) is 1. The van der Waals surface area contributed by atoms with Gasteiger partial charge in [-0.25, -0.2) is 19.0 Å². The summed E-state index contributed by atoms with van der Waals surface area (Å²) >= 11 is 0. The number of sulfonamides is 1. The van der Waals surface area contributed by atoms with E-state index in [-0.39, 0.29) is 0 Å². The molecule has 1 rings (SSSR count). The maximum absolute atomic E-state index is 12.0. The van der Waals surface area contributed by atoms with Gasteiger partial charge < -0.3 is 4.84 Å². The first-order chi connectivity index (χ1) is 7.97. The maximum Gasteiger partial charge on any atom is 0.240 e. The third kappa shape index (κ3) is 4.08. The third-order valence-corrected chi connectivity index (χ3v) is 3.97. The van der Waals surface area contributed by atoms with E-state index in [0.717, 1.165) is 11.1 Å². The Morgan fingerprint density at radius 1 is 1.35 bits per heavy atom. The van der Waals surface area contributed by atoms with Crippen molar-refractivity contribution >= 4 is 10.0 Å². The summed E-state index contributed by atoms with van der Waals surface area (Å²) in [5.74, 6) is 4.86. The predicted molar refractivity (Wildman–Crippen MR) is 65.9 cm³/mol. The van der Waals surface area contributed by atoms with E-state index >= 15 is 0 Å². The molecule has 0 unspecified atom stereocenters. The van der Waals surface area contributed by atoms with Crippen LogP contribution in [-0.2, 0) is 14.9 Å². The van der Waals surface area contributed by atoms with Gasteiger partial charge in [-0.1, -0.05) is 12.1 Å². The minimum absolute atomic E-state index is 0.312. The van der Waals surface area contributed by atoms with Gasteiger partial charge in [0.15, 0.2) is 0 Å². The summed E-state index contributed by atoms with van der Waals surface area (Å²) in [5, 5.41) is 0. The molecule has 0 amide bonds. The summed E-state index contributed by atoms with van der Waals surface area (Å²) in [5.41, 5.74) is 1.65. The molecule has 0 bridgehead atoms. The normalized spacial score (nSPS) is 11.7. The Hall–Kier alpha value is -0.950. The lowest BCUT2D eigenvalue weighted by atomic mass is 10.2. The smallest absolute Gasteiger partial charge is 0.240 e. The number of nitrogens with two attached hydrogens (primary N) is 1. The molecule has 17 heavy (non-hydrogen) atoms. The van der Waals surface area contributed by atoms with Crippen molar-refractivity contribution in [3.63, 3.8) is 0 Å². The molecule has 0 fully saturated rings. The van der Waals surface area contributed by atoms with Crippen LogP contribution in [0.4, 0.5) is 0 Å². The maximum atomic E-state index is 12.0. The molecule has 1 aromatic rings. The van der Waals surface area contributed by atoms with Crippen molar-refractivity contribution in [3.05, 3.63) is 29.3 Å². The van der Waals surface area contributed by atoms with Crippen LogP contribution in [0, 0.1) is 13.8 Å². The van der Waals surface area contributed by atoms with Gasteiger partial charge in [0.1, 0.15) is 0 Å². The highest BCUT2D eigenvalue weighted by atomic mass is 32.2. The monoisotopic (exact) mass is 258 g/mol. The molecular weight excluding hydrogens is 240 g/mol. The molecule has 0 heterocycles. The molecule has 0 aliphatic rings. The van der Waals surface area contributed by atoms with E-state index in [1.165, 1.54) is 0 Å². The zero-order chi connectivity index (χ0) is 12.9. The van der Waals surface area contributed by atoms with Crippen molar-refractivity contribution < 1.29 is 13.3 Å². The standard InChI is InChI=1S/C11H18N2O3S/c1-9-4-5-10(2)11(8-9)17(14,15)13-6-3-7-16-12/h4-5,8,13H,3,6-7,12H2,1-2H3. The summed E-state index contributed by atoms with van der Waals surface area (Å²) in [6.45, 7) is 4.28. The number of hydrogen-bond acceptors (Lipinski definition) is 4. The molecular formula is C11H18N2O3S. The number of hydrogen-bond donors (Lipinski definition) is 2. The molecule has 0 atom stereocenters. The van der Waals surface area contributed by atoms with E-state index in [0.29, 0.717) is 24.5 Å². The fourth-order valence-electron chi connectivity index (χ4n) is 1.44. The van der Waals surface area contributed by atoms with Crippen LogP contribution >= 0.6 is 0 Å². The lowest BCUT2D eigenvalue weighted by molar-refractivity contribution is 0.136. The zero-order valence-corrected chi connectivity index (χ0v) is 10.9. The summed E-state index contributed by atoms with van der Waals surface area (Å²) in [6, 6.07) is 5.35. The number of aryl methyl sites for hydroxylation is 2. The zero-order valence-electron chi connectivity index (χ0n) is 10.1. The highest BCUT2D eigenvalue weighted by Crippen LogP contribution is 2.16. The highest BCUT2D eigenvalue weighted by molar-refractivity contribution is 7.89. The average Bonchev–Trinajstić information content (AvgIpc) is 2.28. The van der Waals surface area contributed by atoms with Gasteiger partial charge in [-0.2, -0.15) is 0 Å². The second-order valence-electron chi connectivity index (χ2n) is 3.89. The fraction of sp³-hybridized carbons (Fsp3) is 0.455. The van der Waals surface area contributed by atoms with E-state index in [4.69, 9.17) is 5.90 Å². The second-order valence-corrected chi connectivity index (χ2v) is 5.63. The van der Waals surface area contributed by atoms with E-state index < -0.39 is 10.0 Å². The lowest BCUT2D eigenvalue weighted by Crippen LogP contribution is -2.26. The van der Waals surface area contributed by atoms with Crippen molar-refractivity contribution in [3.8, 4) is 0 Å². The van der Waals surface area contributed by atoms with Gasteiger partial charge >= 0.3 is 0 Å².